The Kier molecular flexibility index (Phi) is 3.09. The molecule has 1 fully saturated rings. The van der Waals surface area contributed by atoms with Crippen molar-refractivity contribution in [2.24, 2.45) is 0 Å². The van der Waals surface area contributed by atoms with Crippen molar-refractivity contribution in [1.82, 2.24) is 10.3 Å². The van der Waals surface area contributed by atoms with Gasteiger partial charge in [-0.25, -0.2) is 4.98 Å². The van der Waals surface area contributed by atoms with Gasteiger partial charge in [-0.3, -0.25) is 4.79 Å². The Bertz CT molecular complexity index is 434. The summed E-state index contributed by atoms with van der Waals surface area (Å²) in [6.07, 6.45) is -5.04. The van der Waals surface area contributed by atoms with Crippen molar-refractivity contribution in [2.45, 2.75) is 19.2 Å². The van der Waals surface area contributed by atoms with Crippen LogP contribution in [0, 0.1) is 6.92 Å². The number of aryl methyl sites for hydroxylation is 1. The maximum atomic E-state index is 12.4. The normalized spacial score (nSPS) is 21.4. The molecule has 1 unspecified atom stereocenters. The van der Waals surface area contributed by atoms with E-state index in [0.29, 0.717) is 16.2 Å². The number of rotatable bonds is 1. The topological polar surface area (TPSA) is 51.2 Å². The zero-order valence-corrected chi connectivity index (χ0v) is 9.61. The molecule has 94 valence electrons. The van der Waals surface area contributed by atoms with Gasteiger partial charge in [0.05, 0.1) is 5.69 Å². The molecule has 0 bridgehead atoms. The van der Waals surface area contributed by atoms with Crippen LogP contribution in [0.15, 0.2) is 0 Å². The van der Waals surface area contributed by atoms with Crippen molar-refractivity contribution in [1.29, 1.82) is 0 Å². The minimum Gasteiger partial charge on any atom is -0.360 e. The van der Waals surface area contributed by atoms with Gasteiger partial charge in [0.25, 0.3) is 0 Å². The number of aromatic nitrogens is 1. The summed E-state index contributed by atoms with van der Waals surface area (Å²) in [5.74, 6) is -0.273. The molecule has 1 N–H and O–H groups in total. The Hall–Kier alpha value is -1.15. The Balaban J connectivity index is 2.21. The Morgan fingerprint density at radius 2 is 2.24 bits per heavy atom. The molecule has 1 aliphatic heterocycles. The van der Waals surface area contributed by atoms with E-state index in [1.54, 1.807) is 6.92 Å². The average Bonchev–Trinajstić information content (AvgIpc) is 2.61. The highest BCUT2D eigenvalue weighted by Crippen LogP contribution is 2.36. The maximum absolute atomic E-state index is 12.4. The third-order valence-electron chi connectivity index (χ3n) is 2.28. The number of hydrogen-bond donors (Lipinski definition) is 1. The van der Waals surface area contributed by atoms with E-state index < -0.39 is 17.3 Å². The fraction of sp³-hybridized carbons (Fsp3) is 0.556. The highest BCUT2D eigenvalue weighted by Gasteiger charge is 2.37. The quantitative estimate of drug-likeness (QED) is 0.841. The smallest absolute Gasteiger partial charge is 0.360 e. The molecule has 0 aliphatic carbocycles. The number of carbonyl (C=O) groups excluding carboxylic acids is 1. The molecule has 4 nitrogen and oxygen atoms in total. The van der Waals surface area contributed by atoms with E-state index in [0.717, 1.165) is 0 Å². The van der Waals surface area contributed by atoms with Gasteiger partial charge in [0, 0.05) is 11.4 Å². The number of carbonyl (C=O) groups is 1. The number of amides is 1. The van der Waals surface area contributed by atoms with Gasteiger partial charge in [-0.2, -0.15) is 13.2 Å². The molecular formula is C9H9F3N2O2S. The largest absolute Gasteiger partial charge is 0.443 e. The molecule has 8 heteroatoms. The molecule has 2 heterocycles. The number of morpholine rings is 1. The van der Waals surface area contributed by atoms with Crippen molar-refractivity contribution in [3.63, 3.8) is 0 Å². The first kappa shape index (κ1) is 12.3. The molecule has 1 saturated heterocycles. The van der Waals surface area contributed by atoms with Crippen LogP contribution in [-0.2, 0) is 15.7 Å². The summed E-state index contributed by atoms with van der Waals surface area (Å²) in [5.41, 5.74) is 0.252. The average molecular weight is 266 g/mol. The zero-order chi connectivity index (χ0) is 12.6. The highest BCUT2D eigenvalue weighted by molar-refractivity contribution is 7.11. The number of thiazole rings is 1. The molecular weight excluding hydrogens is 257 g/mol. The summed E-state index contributed by atoms with van der Waals surface area (Å²) in [4.78, 5) is 14.9. The summed E-state index contributed by atoms with van der Waals surface area (Å²) >= 11 is 0.587. The van der Waals surface area contributed by atoms with Gasteiger partial charge in [0.15, 0.2) is 5.01 Å². The fourth-order valence-electron chi connectivity index (χ4n) is 1.50. The lowest BCUT2D eigenvalue weighted by Gasteiger charge is -2.22. The predicted molar refractivity (Wildman–Crippen MR) is 53.6 cm³/mol. The Morgan fingerprint density at radius 1 is 1.53 bits per heavy atom. The summed E-state index contributed by atoms with van der Waals surface area (Å²) in [5, 5.41) is 1.64. The predicted octanol–water partition coefficient (Wildman–Crippen LogP) is 1.66. The second-order valence-electron chi connectivity index (χ2n) is 3.56. The lowest BCUT2D eigenvalue weighted by atomic mass is 10.2. The van der Waals surface area contributed by atoms with E-state index in [-0.39, 0.29) is 24.8 Å². The van der Waals surface area contributed by atoms with Crippen molar-refractivity contribution >= 4 is 17.2 Å². The van der Waals surface area contributed by atoms with Crippen LogP contribution in [-0.4, -0.2) is 24.0 Å². The number of nitrogens with zero attached hydrogens (tertiary/aromatic N) is 1. The number of ether oxygens (including phenoxy) is 1. The Labute approximate surface area is 98.8 Å². The number of halogens is 3. The van der Waals surface area contributed by atoms with E-state index in [9.17, 15) is 18.0 Å². The number of alkyl halides is 3. The van der Waals surface area contributed by atoms with Crippen molar-refractivity contribution < 1.29 is 22.7 Å². The zero-order valence-electron chi connectivity index (χ0n) is 8.80. The summed E-state index contributed by atoms with van der Waals surface area (Å²) in [6, 6.07) is 0. The maximum Gasteiger partial charge on any atom is 0.443 e. The molecule has 1 aliphatic rings. The lowest BCUT2D eigenvalue weighted by Crippen LogP contribution is -2.39. The first-order chi connectivity index (χ1) is 7.88. The van der Waals surface area contributed by atoms with E-state index in [2.05, 4.69) is 10.3 Å². The van der Waals surface area contributed by atoms with Crippen LogP contribution < -0.4 is 5.32 Å². The number of hydrogen-bond acceptors (Lipinski definition) is 4. The monoisotopic (exact) mass is 266 g/mol. The minimum atomic E-state index is -4.44. The molecule has 0 aromatic carbocycles. The van der Waals surface area contributed by atoms with Gasteiger partial charge < -0.3 is 10.1 Å². The molecule has 2 rings (SSSR count). The van der Waals surface area contributed by atoms with Gasteiger partial charge in [0.2, 0.25) is 5.91 Å². The minimum absolute atomic E-state index is 0.150. The second-order valence-corrected chi connectivity index (χ2v) is 4.77. The third kappa shape index (κ3) is 2.58. The van der Waals surface area contributed by atoms with E-state index in [1.807, 2.05) is 0 Å². The molecule has 1 atom stereocenters. The van der Waals surface area contributed by atoms with Crippen molar-refractivity contribution in [3.8, 4) is 0 Å². The third-order valence-corrected chi connectivity index (χ3v) is 3.31. The van der Waals surface area contributed by atoms with Crippen LogP contribution in [0.4, 0.5) is 13.2 Å². The lowest BCUT2D eigenvalue weighted by molar-refractivity contribution is -0.138. The van der Waals surface area contributed by atoms with Crippen LogP contribution in [0.2, 0.25) is 0 Å². The van der Waals surface area contributed by atoms with Gasteiger partial charge in [-0.15, -0.1) is 11.3 Å². The molecule has 1 aromatic rings. The second kappa shape index (κ2) is 4.26. The van der Waals surface area contributed by atoms with Gasteiger partial charge in [-0.1, -0.05) is 0 Å². The van der Waals surface area contributed by atoms with E-state index in [1.165, 1.54) is 0 Å². The van der Waals surface area contributed by atoms with Crippen LogP contribution in [0.3, 0.4) is 0 Å². The summed E-state index contributed by atoms with van der Waals surface area (Å²) in [7, 11) is 0. The van der Waals surface area contributed by atoms with Gasteiger partial charge >= 0.3 is 6.18 Å². The first-order valence-electron chi connectivity index (χ1n) is 4.80. The number of nitrogens with one attached hydrogen (secondary N) is 1. The van der Waals surface area contributed by atoms with Gasteiger partial charge in [0.1, 0.15) is 12.7 Å². The fourth-order valence-corrected chi connectivity index (χ4v) is 2.33. The molecule has 0 saturated carbocycles. The highest BCUT2D eigenvalue weighted by atomic mass is 32.1. The van der Waals surface area contributed by atoms with Crippen molar-refractivity contribution in [3.05, 3.63) is 15.6 Å². The van der Waals surface area contributed by atoms with Crippen LogP contribution in [0.25, 0.3) is 0 Å². The van der Waals surface area contributed by atoms with Crippen molar-refractivity contribution in [2.75, 3.05) is 13.2 Å². The summed E-state index contributed by atoms with van der Waals surface area (Å²) < 4.78 is 42.5. The van der Waals surface area contributed by atoms with E-state index >= 15 is 0 Å². The molecule has 17 heavy (non-hydrogen) atoms. The van der Waals surface area contributed by atoms with Crippen LogP contribution in [0.1, 0.15) is 21.7 Å². The molecule has 1 aromatic heterocycles. The van der Waals surface area contributed by atoms with Gasteiger partial charge in [-0.05, 0) is 6.92 Å². The molecule has 0 radical (unpaired) electrons. The standard InChI is InChI=1S/C9H9F3N2O2S/c1-4-7(5-2-13-6(15)3-16-5)14-8(17-4)9(10,11)12/h5H,2-3H2,1H3,(H,13,15). The molecule has 1 amide bonds. The Morgan fingerprint density at radius 3 is 2.71 bits per heavy atom. The summed E-state index contributed by atoms with van der Waals surface area (Å²) in [6.45, 7) is 1.56. The SMILES string of the molecule is Cc1sc(C(F)(F)F)nc1C1CNC(=O)CO1. The van der Waals surface area contributed by atoms with Crippen LogP contribution >= 0.6 is 11.3 Å². The van der Waals surface area contributed by atoms with E-state index in [4.69, 9.17) is 4.74 Å². The first-order valence-corrected chi connectivity index (χ1v) is 5.62. The molecule has 0 spiro atoms. The van der Waals surface area contributed by atoms with Crippen LogP contribution in [0.5, 0.6) is 0 Å².